The zero-order valence-electron chi connectivity index (χ0n) is 15.2. The summed E-state index contributed by atoms with van der Waals surface area (Å²) in [4.78, 5) is 30.9. The zero-order valence-corrected chi connectivity index (χ0v) is 17.6. The van der Waals surface area contributed by atoms with Gasteiger partial charge in [-0.1, -0.05) is 35.5 Å². The third-order valence-electron chi connectivity index (χ3n) is 4.00. The second-order valence-electron chi connectivity index (χ2n) is 5.82. The number of rotatable bonds is 6. The second-order valence-corrected chi connectivity index (χ2v) is 8.19. The number of fused-ring (bicyclic) bond motifs is 1. The van der Waals surface area contributed by atoms with Gasteiger partial charge in [0.2, 0.25) is 0 Å². The standard InChI is InChI=1S/C19H16ClN3O3S2/c1-3-26-18(25)15-11(2)14-16(28-15)22-19(27-9-8-21)23(17(14)24)10-12-4-6-13(20)7-5-12/h4-7H,3,9-10H2,1-2H3. The Hall–Kier alpha value is -2.34. The first kappa shape index (κ1) is 20.4. The molecule has 0 aliphatic heterocycles. The van der Waals surface area contributed by atoms with Gasteiger partial charge in [0, 0.05) is 5.02 Å². The predicted molar refractivity (Wildman–Crippen MR) is 111 cm³/mol. The zero-order chi connectivity index (χ0) is 20.3. The minimum absolute atomic E-state index is 0.160. The Kier molecular flexibility index (Phi) is 6.39. The summed E-state index contributed by atoms with van der Waals surface area (Å²) >= 11 is 8.26. The van der Waals surface area contributed by atoms with Gasteiger partial charge in [0.15, 0.2) is 5.16 Å². The molecule has 2 heterocycles. The molecule has 0 spiro atoms. The summed E-state index contributed by atoms with van der Waals surface area (Å²) in [5.41, 5.74) is 1.20. The molecule has 0 saturated heterocycles. The van der Waals surface area contributed by atoms with Gasteiger partial charge in [0.1, 0.15) is 9.71 Å². The summed E-state index contributed by atoms with van der Waals surface area (Å²) in [6, 6.07) is 9.23. The molecule has 9 heteroatoms. The fourth-order valence-corrected chi connectivity index (χ4v) is 4.61. The fourth-order valence-electron chi connectivity index (χ4n) is 2.71. The summed E-state index contributed by atoms with van der Waals surface area (Å²) in [5.74, 6) is -0.300. The highest BCUT2D eigenvalue weighted by Gasteiger charge is 2.22. The summed E-state index contributed by atoms with van der Waals surface area (Å²) in [6.45, 7) is 4.00. The first-order valence-electron chi connectivity index (χ1n) is 8.41. The van der Waals surface area contributed by atoms with Crippen LogP contribution < -0.4 is 5.56 Å². The Morgan fingerprint density at radius 3 is 2.75 bits per heavy atom. The molecule has 0 amide bonds. The average molecular weight is 434 g/mol. The molecule has 0 saturated carbocycles. The fraction of sp³-hybridized carbons (Fsp3) is 0.263. The van der Waals surface area contributed by atoms with Crippen molar-refractivity contribution in [3.63, 3.8) is 0 Å². The normalized spacial score (nSPS) is 10.8. The molecule has 0 radical (unpaired) electrons. The van der Waals surface area contributed by atoms with E-state index in [-0.39, 0.29) is 24.5 Å². The van der Waals surface area contributed by atoms with Gasteiger partial charge >= 0.3 is 5.97 Å². The highest BCUT2D eigenvalue weighted by Crippen LogP contribution is 2.30. The molecule has 6 nitrogen and oxygen atoms in total. The largest absolute Gasteiger partial charge is 0.462 e. The van der Waals surface area contributed by atoms with Crippen LogP contribution in [0.25, 0.3) is 10.2 Å². The minimum atomic E-state index is -0.460. The Morgan fingerprint density at radius 2 is 2.11 bits per heavy atom. The van der Waals surface area contributed by atoms with E-state index in [1.807, 2.05) is 12.1 Å². The van der Waals surface area contributed by atoms with Crippen LogP contribution in [0.2, 0.25) is 5.02 Å². The van der Waals surface area contributed by atoms with E-state index < -0.39 is 5.97 Å². The van der Waals surface area contributed by atoms with Gasteiger partial charge in [0.05, 0.1) is 30.4 Å². The molecule has 2 aromatic heterocycles. The van der Waals surface area contributed by atoms with Crippen molar-refractivity contribution >= 4 is 50.9 Å². The number of ether oxygens (including phenoxy) is 1. The maximum absolute atomic E-state index is 13.3. The van der Waals surface area contributed by atoms with E-state index in [4.69, 9.17) is 21.6 Å². The first-order valence-corrected chi connectivity index (χ1v) is 10.6. The quantitative estimate of drug-likeness (QED) is 0.328. The van der Waals surface area contributed by atoms with Crippen LogP contribution >= 0.6 is 34.7 Å². The minimum Gasteiger partial charge on any atom is -0.462 e. The van der Waals surface area contributed by atoms with Gasteiger partial charge in [-0.25, -0.2) is 9.78 Å². The van der Waals surface area contributed by atoms with Crippen molar-refractivity contribution in [2.75, 3.05) is 12.4 Å². The second kappa shape index (κ2) is 8.78. The lowest BCUT2D eigenvalue weighted by molar-refractivity contribution is 0.0531. The van der Waals surface area contributed by atoms with E-state index in [1.54, 1.807) is 26.0 Å². The summed E-state index contributed by atoms with van der Waals surface area (Å²) in [6.07, 6.45) is 0. The third-order valence-corrected chi connectivity index (χ3v) is 6.26. The van der Waals surface area contributed by atoms with Crippen molar-refractivity contribution < 1.29 is 9.53 Å². The first-order chi connectivity index (χ1) is 13.5. The number of hydrogen-bond donors (Lipinski definition) is 0. The summed E-state index contributed by atoms with van der Waals surface area (Å²) in [7, 11) is 0. The SMILES string of the molecule is CCOC(=O)c1sc2nc(SCC#N)n(Cc3ccc(Cl)cc3)c(=O)c2c1C. The van der Waals surface area contributed by atoms with E-state index >= 15 is 0 Å². The van der Waals surface area contributed by atoms with Crippen molar-refractivity contribution in [1.82, 2.24) is 9.55 Å². The van der Waals surface area contributed by atoms with Gasteiger partial charge in [-0.05, 0) is 37.1 Å². The van der Waals surface area contributed by atoms with E-state index in [0.717, 1.165) is 16.9 Å². The van der Waals surface area contributed by atoms with Crippen molar-refractivity contribution in [3.8, 4) is 6.07 Å². The number of benzene rings is 1. The summed E-state index contributed by atoms with van der Waals surface area (Å²) < 4.78 is 6.61. The smallest absolute Gasteiger partial charge is 0.348 e. The number of hydrogen-bond acceptors (Lipinski definition) is 7. The molecule has 0 aliphatic rings. The van der Waals surface area contributed by atoms with E-state index in [9.17, 15) is 9.59 Å². The molecule has 0 fully saturated rings. The number of halogens is 1. The van der Waals surface area contributed by atoms with E-state index in [0.29, 0.717) is 30.8 Å². The number of aromatic nitrogens is 2. The van der Waals surface area contributed by atoms with Crippen molar-refractivity contribution in [2.24, 2.45) is 0 Å². The van der Waals surface area contributed by atoms with Gasteiger partial charge in [0.25, 0.3) is 5.56 Å². The molecular formula is C19H16ClN3O3S2. The van der Waals surface area contributed by atoms with Gasteiger partial charge < -0.3 is 4.74 Å². The molecule has 0 unspecified atom stereocenters. The number of thiophene rings is 1. The van der Waals surface area contributed by atoms with Gasteiger partial charge in [-0.15, -0.1) is 11.3 Å². The molecule has 0 atom stereocenters. The number of carbonyl (C=O) groups excluding carboxylic acids is 1. The lowest BCUT2D eigenvalue weighted by atomic mass is 10.2. The third kappa shape index (κ3) is 4.07. The molecule has 1 aromatic carbocycles. The Bertz CT molecular complexity index is 1130. The molecule has 3 rings (SSSR count). The van der Waals surface area contributed by atoms with Crippen LogP contribution in [-0.4, -0.2) is 27.9 Å². The molecule has 0 aliphatic carbocycles. The number of nitrogens with zero attached hydrogens (tertiary/aromatic N) is 3. The number of carbonyl (C=O) groups is 1. The summed E-state index contributed by atoms with van der Waals surface area (Å²) in [5, 5.41) is 10.4. The van der Waals surface area contributed by atoms with Crippen molar-refractivity contribution in [3.05, 3.63) is 55.6 Å². The monoisotopic (exact) mass is 433 g/mol. The number of esters is 1. The maximum atomic E-state index is 13.3. The van der Waals surface area contributed by atoms with Crippen LogP contribution in [0.1, 0.15) is 27.7 Å². The number of nitriles is 1. The van der Waals surface area contributed by atoms with Crippen LogP contribution in [0.3, 0.4) is 0 Å². The molecule has 0 N–H and O–H groups in total. The number of thioether (sulfide) groups is 1. The van der Waals surface area contributed by atoms with Crippen molar-refractivity contribution in [1.29, 1.82) is 5.26 Å². The van der Waals surface area contributed by atoms with Crippen LogP contribution in [0.5, 0.6) is 0 Å². The van der Waals surface area contributed by atoms with Crippen molar-refractivity contribution in [2.45, 2.75) is 25.5 Å². The lowest BCUT2D eigenvalue weighted by Gasteiger charge is -2.11. The average Bonchev–Trinajstić information content (AvgIpc) is 3.01. The van der Waals surface area contributed by atoms with E-state index in [2.05, 4.69) is 11.1 Å². The molecule has 144 valence electrons. The lowest BCUT2D eigenvalue weighted by Crippen LogP contribution is -2.24. The maximum Gasteiger partial charge on any atom is 0.348 e. The topological polar surface area (TPSA) is 85.0 Å². The van der Waals surface area contributed by atoms with Crippen LogP contribution in [-0.2, 0) is 11.3 Å². The van der Waals surface area contributed by atoms with Crippen LogP contribution in [0, 0.1) is 18.3 Å². The van der Waals surface area contributed by atoms with Crippen LogP contribution in [0.15, 0.2) is 34.2 Å². The Morgan fingerprint density at radius 1 is 1.39 bits per heavy atom. The van der Waals surface area contributed by atoms with Gasteiger partial charge in [-0.2, -0.15) is 5.26 Å². The highest BCUT2D eigenvalue weighted by molar-refractivity contribution is 7.99. The number of aryl methyl sites for hydroxylation is 1. The Balaban J connectivity index is 2.16. The Labute approximate surface area is 174 Å². The van der Waals surface area contributed by atoms with Gasteiger partial charge in [-0.3, -0.25) is 9.36 Å². The molecular weight excluding hydrogens is 418 g/mol. The van der Waals surface area contributed by atoms with E-state index in [1.165, 1.54) is 16.3 Å². The molecule has 0 bridgehead atoms. The van der Waals surface area contributed by atoms with Crippen LogP contribution in [0.4, 0.5) is 0 Å². The molecule has 3 aromatic rings. The highest BCUT2D eigenvalue weighted by atomic mass is 35.5. The molecule has 28 heavy (non-hydrogen) atoms. The predicted octanol–water partition coefficient (Wildman–Crippen LogP) is 4.26.